The first-order chi connectivity index (χ1) is 8.54. The van der Waals surface area contributed by atoms with E-state index in [1.54, 1.807) is 6.20 Å². The summed E-state index contributed by atoms with van der Waals surface area (Å²) < 4.78 is 1.88. The lowest BCUT2D eigenvalue weighted by Gasteiger charge is -2.15. The minimum atomic E-state index is 0.312. The van der Waals surface area contributed by atoms with Crippen molar-refractivity contribution in [1.82, 2.24) is 19.5 Å². The molecular formula is C12H18N6. The van der Waals surface area contributed by atoms with E-state index in [9.17, 15) is 0 Å². The van der Waals surface area contributed by atoms with Crippen LogP contribution in [0, 0.1) is 6.92 Å². The Morgan fingerprint density at radius 3 is 2.56 bits per heavy atom. The van der Waals surface area contributed by atoms with Gasteiger partial charge in [-0.3, -0.25) is 0 Å². The Labute approximate surface area is 106 Å². The van der Waals surface area contributed by atoms with Crippen LogP contribution in [0.1, 0.15) is 31.0 Å². The van der Waals surface area contributed by atoms with Crippen LogP contribution in [-0.4, -0.2) is 19.5 Å². The first-order valence-corrected chi connectivity index (χ1v) is 5.87. The van der Waals surface area contributed by atoms with E-state index in [-0.39, 0.29) is 0 Å². The normalized spacial score (nSPS) is 11.0. The smallest absolute Gasteiger partial charge is 0.198 e. The molecule has 96 valence electrons. The maximum Gasteiger partial charge on any atom is 0.198 e. The van der Waals surface area contributed by atoms with Gasteiger partial charge in [-0.25, -0.2) is 20.8 Å². The zero-order valence-electron chi connectivity index (χ0n) is 11.1. The molecule has 2 heterocycles. The van der Waals surface area contributed by atoms with Crippen LogP contribution in [-0.2, 0) is 7.05 Å². The summed E-state index contributed by atoms with van der Waals surface area (Å²) in [6.45, 7) is 6.14. The van der Waals surface area contributed by atoms with Crippen molar-refractivity contribution < 1.29 is 0 Å². The number of rotatable bonds is 3. The Balaban J connectivity index is 2.60. The summed E-state index contributed by atoms with van der Waals surface area (Å²) in [5, 5.41) is 0. The zero-order chi connectivity index (χ0) is 13.3. The van der Waals surface area contributed by atoms with Gasteiger partial charge in [0.15, 0.2) is 11.6 Å². The van der Waals surface area contributed by atoms with Crippen LogP contribution >= 0.6 is 0 Å². The number of nitrogens with two attached hydrogens (primary N) is 1. The molecule has 0 aliphatic rings. The molecule has 2 aromatic heterocycles. The van der Waals surface area contributed by atoms with Crippen molar-refractivity contribution in [3.8, 4) is 11.6 Å². The molecule has 0 amide bonds. The summed E-state index contributed by atoms with van der Waals surface area (Å²) in [5.41, 5.74) is 4.61. The molecule has 0 radical (unpaired) electrons. The summed E-state index contributed by atoms with van der Waals surface area (Å²) in [4.78, 5) is 13.2. The molecule has 0 atom stereocenters. The summed E-state index contributed by atoms with van der Waals surface area (Å²) >= 11 is 0. The van der Waals surface area contributed by atoms with Gasteiger partial charge in [0.2, 0.25) is 0 Å². The van der Waals surface area contributed by atoms with Crippen LogP contribution in [0.25, 0.3) is 11.6 Å². The monoisotopic (exact) mass is 246 g/mol. The number of nitrogens with zero attached hydrogens (tertiary/aromatic N) is 4. The molecule has 6 heteroatoms. The van der Waals surface area contributed by atoms with E-state index in [1.165, 1.54) is 0 Å². The van der Waals surface area contributed by atoms with Crippen molar-refractivity contribution in [2.75, 3.05) is 5.43 Å². The minimum absolute atomic E-state index is 0.312. The Morgan fingerprint density at radius 2 is 2.06 bits per heavy atom. The quantitative estimate of drug-likeness (QED) is 0.635. The lowest BCUT2D eigenvalue weighted by atomic mass is 10.0. The number of hydrogen-bond acceptors (Lipinski definition) is 5. The van der Waals surface area contributed by atoms with E-state index in [0.717, 1.165) is 17.1 Å². The van der Waals surface area contributed by atoms with E-state index >= 15 is 0 Å². The third-order valence-corrected chi connectivity index (χ3v) is 2.87. The SMILES string of the molecule is Cc1nc(-c2nccn2C)nc(NN)c1C(C)C. The third-order valence-electron chi connectivity index (χ3n) is 2.87. The lowest BCUT2D eigenvalue weighted by molar-refractivity contribution is 0.825. The van der Waals surface area contributed by atoms with E-state index in [1.807, 2.05) is 24.7 Å². The molecule has 0 saturated heterocycles. The summed E-state index contributed by atoms with van der Waals surface area (Å²) in [6.07, 6.45) is 3.58. The predicted molar refractivity (Wildman–Crippen MR) is 70.9 cm³/mol. The molecule has 2 rings (SSSR count). The van der Waals surface area contributed by atoms with Gasteiger partial charge >= 0.3 is 0 Å². The van der Waals surface area contributed by atoms with Crippen LogP contribution in [0.2, 0.25) is 0 Å². The van der Waals surface area contributed by atoms with Crippen molar-refractivity contribution in [3.05, 3.63) is 23.7 Å². The fourth-order valence-electron chi connectivity index (χ4n) is 2.06. The molecule has 0 aromatic carbocycles. The number of hydrazine groups is 1. The Bertz CT molecular complexity index is 558. The molecule has 6 nitrogen and oxygen atoms in total. The van der Waals surface area contributed by atoms with Gasteiger partial charge in [-0.2, -0.15) is 0 Å². The molecule has 0 spiro atoms. The average molecular weight is 246 g/mol. The van der Waals surface area contributed by atoms with Crippen molar-refractivity contribution >= 4 is 5.82 Å². The highest BCUT2D eigenvalue weighted by Gasteiger charge is 2.16. The fraction of sp³-hybridized carbons (Fsp3) is 0.417. The highest BCUT2D eigenvalue weighted by Crippen LogP contribution is 2.26. The summed E-state index contributed by atoms with van der Waals surface area (Å²) in [6, 6.07) is 0. The van der Waals surface area contributed by atoms with Crippen LogP contribution < -0.4 is 11.3 Å². The summed E-state index contributed by atoms with van der Waals surface area (Å²) in [5.74, 6) is 7.83. The topological polar surface area (TPSA) is 81.7 Å². The molecule has 0 aliphatic heterocycles. The van der Waals surface area contributed by atoms with E-state index < -0.39 is 0 Å². The van der Waals surface area contributed by atoms with Gasteiger partial charge in [-0.15, -0.1) is 0 Å². The van der Waals surface area contributed by atoms with Crippen molar-refractivity contribution in [2.24, 2.45) is 12.9 Å². The molecule has 0 unspecified atom stereocenters. The minimum Gasteiger partial charge on any atom is -0.331 e. The van der Waals surface area contributed by atoms with Gasteiger partial charge in [-0.05, 0) is 12.8 Å². The highest BCUT2D eigenvalue weighted by atomic mass is 15.3. The first kappa shape index (κ1) is 12.5. The number of aryl methyl sites for hydroxylation is 2. The number of anilines is 1. The first-order valence-electron chi connectivity index (χ1n) is 5.87. The molecule has 0 bridgehead atoms. The van der Waals surface area contributed by atoms with Gasteiger partial charge in [0.05, 0.1) is 0 Å². The number of nitrogens with one attached hydrogen (secondary N) is 1. The Kier molecular flexibility index (Phi) is 3.29. The largest absolute Gasteiger partial charge is 0.331 e. The maximum absolute atomic E-state index is 5.55. The molecule has 0 saturated carbocycles. The maximum atomic E-state index is 5.55. The standard InChI is InChI=1S/C12H18N6/c1-7(2)9-8(3)15-11(16-10(9)17-13)12-14-5-6-18(12)4/h5-7H,13H2,1-4H3,(H,15,16,17). The molecule has 0 fully saturated rings. The summed E-state index contributed by atoms with van der Waals surface area (Å²) in [7, 11) is 1.91. The van der Waals surface area contributed by atoms with Crippen molar-refractivity contribution in [3.63, 3.8) is 0 Å². The van der Waals surface area contributed by atoms with Gasteiger partial charge in [0, 0.05) is 30.7 Å². The molecule has 0 aliphatic carbocycles. The zero-order valence-corrected chi connectivity index (χ0v) is 11.1. The van der Waals surface area contributed by atoms with E-state index in [0.29, 0.717) is 17.6 Å². The Hall–Kier alpha value is -1.95. The third kappa shape index (κ3) is 2.06. The van der Waals surface area contributed by atoms with Crippen LogP contribution in [0.4, 0.5) is 5.82 Å². The van der Waals surface area contributed by atoms with E-state index in [4.69, 9.17) is 5.84 Å². The lowest BCUT2D eigenvalue weighted by Crippen LogP contribution is -2.15. The van der Waals surface area contributed by atoms with Crippen LogP contribution in [0.3, 0.4) is 0 Å². The van der Waals surface area contributed by atoms with Crippen LogP contribution in [0.5, 0.6) is 0 Å². The second-order valence-corrected chi connectivity index (χ2v) is 4.56. The molecule has 3 N–H and O–H groups in total. The van der Waals surface area contributed by atoms with Crippen molar-refractivity contribution in [1.29, 1.82) is 0 Å². The average Bonchev–Trinajstić information content (AvgIpc) is 2.73. The van der Waals surface area contributed by atoms with Gasteiger partial charge in [0.25, 0.3) is 0 Å². The molecule has 2 aromatic rings. The van der Waals surface area contributed by atoms with Crippen LogP contribution in [0.15, 0.2) is 12.4 Å². The number of nitrogen functional groups attached to an aromatic ring is 1. The van der Waals surface area contributed by atoms with Crippen molar-refractivity contribution in [2.45, 2.75) is 26.7 Å². The van der Waals surface area contributed by atoms with E-state index in [2.05, 4.69) is 34.2 Å². The fourth-order valence-corrected chi connectivity index (χ4v) is 2.06. The molecule has 18 heavy (non-hydrogen) atoms. The number of imidazole rings is 1. The second-order valence-electron chi connectivity index (χ2n) is 4.56. The predicted octanol–water partition coefficient (Wildman–Crippen LogP) is 1.59. The highest BCUT2D eigenvalue weighted by molar-refractivity contribution is 5.55. The second kappa shape index (κ2) is 4.73. The molecular weight excluding hydrogens is 228 g/mol. The number of hydrogen-bond donors (Lipinski definition) is 2. The van der Waals surface area contributed by atoms with Gasteiger partial charge in [0.1, 0.15) is 5.82 Å². The van der Waals surface area contributed by atoms with Gasteiger partial charge in [-0.1, -0.05) is 13.8 Å². The van der Waals surface area contributed by atoms with Gasteiger partial charge < -0.3 is 9.99 Å². The Morgan fingerprint density at radius 1 is 1.33 bits per heavy atom. The number of aromatic nitrogens is 4.